The quantitative estimate of drug-likeness (QED) is 0.699. The van der Waals surface area contributed by atoms with E-state index in [-0.39, 0.29) is 5.75 Å². The van der Waals surface area contributed by atoms with Crippen LogP contribution in [0.5, 0.6) is 5.75 Å². The maximum atomic E-state index is 13.7. The highest BCUT2D eigenvalue weighted by Crippen LogP contribution is 2.29. The molecule has 0 saturated heterocycles. The van der Waals surface area contributed by atoms with Crippen LogP contribution in [0.1, 0.15) is 0 Å². The maximum Gasteiger partial charge on any atom is 0.187 e. The van der Waals surface area contributed by atoms with Gasteiger partial charge >= 0.3 is 0 Å². The van der Waals surface area contributed by atoms with Gasteiger partial charge in [-0.05, 0) is 30.3 Å². The number of aromatic nitrogens is 2. The lowest BCUT2D eigenvalue weighted by atomic mass is 10.1. The van der Waals surface area contributed by atoms with Crippen molar-refractivity contribution in [1.82, 2.24) is 9.97 Å². The number of nitrogens with one attached hydrogen (secondary N) is 1. The van der Waals surface area contributed by atoms with Crippen molar-refractivity contribution in [1.29, 1.82) is 0 Å². The Morgan fingerprint density at radius 3 is 2.82 bits per heavy atom. The fraction of sp³-hybridized carbons (Fsp3) is 0.0667. The highest BCUT2D eigenvalue weighted by molar-refractivity contribution is 7.14. The summed E-state index contributed by atoms with van der Waals surface area (Å²) in [5, 5.41) is 6.10. The second kappa shape index (κ2) is 6.29. The molecular formula is C15H11ClFN3OS. The van der Waals surface area contributed by atoms with E-state index in [1.165, 1.54) is 24.5 Å². The molecule has 0 radical (unpaired) electrons. The first-order valence-electron chi connectivity index (χ1n) is 6.34. The SMILES string of the molecule is COc1ccc(-c2csc(Nc3ccc(Cl)nc3)n2)cc1F. The molecule has 0 unspecified atom stereocenters. The molecule has 22 heavy (non-hydrogen) atoms. The molecule has 3 rings (SSSR count). The number of thiazole rings is 1. The third-order valence-corrected chi connectivity index (χ3v) is 3.91. The standard InChI is InChI=1S/C15H11ClFN3OS/c1-21-13-4-2-9(6-11(13)17)12-8-22-15(20-12)19-10-3-5-14(16)18-7-10/h2-8H,1H3,(H,19,20). The van der Waals surface area contributed by atoms with Gasteiger partial charge in [0, 0.05) is 10.9 Å². The molecule has 7 heteroatoms. The number of rotatable bonds is 4. The lowest BCUT2D eigenvalue weighted by Gasteiger charge is -2.03. The van der Waals surface area contributed by atoms with Crippen molar-refractivity contribution in [2.75, 3.05) is 12.4 Å². The zero-order chi connectivity index (χ0) is 15.5. The third-order valence-electron chi connectivity index (χ3n) is 2.93. The van der Waals surface area contributed by atoms with Crippen LogP contribution in [-0.2, 0) is 0 Å². The molecule has 0 aliphatic heterocycles. The molecular weight excluding hydrogens is 325 g/mol. The number of pyridine rings is 1. The summed E-state index contributed by atoms with van der Waals surface area (Å²) in [6.45, 7) is 0. The van der Waals surface area contributed by atoms with Gasteiger partial charge < -0.3 is 10.1 Å². The smallest absolute Gasteiger partial charge is 0.187 e. The predicted octanol–water partition coefficient (Wildman–Crippen LogP) is 4.75. The van der Waals surface area contributed by atoms with Crippen molar-refractivity contribution in [3.63, 3.8) is 0 Å². The Balaban J connectivity index is 1.81. The van der Waals surface area contributed by atoms with Crippen molar-refractivity contribution in [3.8, 4) is 17.0 Å². The summed E-state index contributed by atoms with van der Waals surface area (Å²) in [6.07, 6.45) is 1.62. The number of anilines is 2. The Labute approximate surface area is 135 Å². The van der Waals surface area contributed by atoms with Gasteiger partial charge in [0.15, 0.2) is 16.7 Å². The first kappa shape index (κ1) is 14.7. The summed E-state index contributed by atoms with van der Waals surface area (Å²) in [6, 6.07) is 8.26. The number of hydrogen-bond acceptors (Lipinski definition) is 5. The number of nitrogens with zero attached hydrogens (tertiary/aromatic N) is 2. The van der Waals surface area contributed by atoms with E-state index in [1.807, 2.05) is 11.4 Å². The number of hydrogen-bond donors (Lipinski definition) is 1. The first-order valence-corrected chi connectivity index (χ1v) is 7.59. The van der Waals surface area contributed by atoms with Crippen LogP contribution >= 0.6 is 22.9 Å². The number of halogens is 2. The van der Waals surface area contributed by atoms with Crippen molar-refractivity contribution < 1.29 is 9.13 Å². The summed E-state index contributed by atoms with van der Waals surface area (Å²) in [4.78, 5) is 8.42. The Morgan fingerprint density at radius 2 is 2.14 bits per heavy atom. The monoisotopic (exact) mass is 335 g/mol. The number of benzene rings is 1. The molecule has 1 N–H and O–H groups in total. The average molecular weight is 336 g/mol. The summed E-state index contributed by atoms with van der Waals surface area (Å²) in [5.74, 6) is -0.200. The van der Waals surface area contributed by atoms with Gasteiger partial charge in [0.2, 0.25) is 0 Å². The van der Waals surface area contributed by atoms with Crippen LogP contribution in [-0.4, -0.2) is 17.1 Å². The first-order chi connectivity index (χ1) is 10.7. The van der Waals surface area contributed by atoms with Gasteiger partial charge in [0.05, 0.1) is 24.7 Å². The average Bonchev–Trinajstić information content (AvgIpc) is 2.98. The van der Waals surface area contributed by atoms with Crippen LogP contribution in [0.25, 0.3) is 11.3 Å². The largest absolute Gasteiger partial charge is 0.494 e. The molecule has 4 nitrogen and oxygen atoms in total. The van der Waals surface area contributed by atoms with Gasteiger partial charge in [-0.25, -0.2) is 14.4 Å². The molecule has 0 atom stereocenters. The molecule has 0 spiro atoms. The van der Waals surface area contributed by atoms with E-state index in [2.05, 4.69) is 15.3 Å². The number of methoxy groups -OCH3 is 1. The highest BCUT2D eigenvalue weighted by atomic mass is 35.5. The summed E-state index contributed by atoms with van der Waals surface area (Å²) in [7, 11) is 1.43. The van der Waals surface area contributed by atoms with E-state index >= 15 is 0 Å². The predicted molar refractivity (Wildman–Crippen MR) is 86.6 cm³/mol. The maximum absolute atomic E-state index is 13.7. The van der Waals surface area contributed by atoms with Gasteiger partial charge in [-0.1, -0.05) is 11.6 Å². The van der Waals surface area contributed by atoms with Crippen LogP contribution in [0.15, 0.2) is 41.9 Å². The van der Waals surface area contributed by atoms with Gasteiger partial charge in [-0.2, -0.15) is 0 Å². The fourth-order valence-corrected chi connectivity index (χ4v) is 2.71. The van der Waals surface area contributed by atoms with E-state index in [1.54, 1.807) is 24.4 Å². The zero-order valence-corrected chi connectivity index (χ0v) is 13.1. The minimum atomic E-state index is -0.413. The van der Waals surface area contributed by atoms with Crippen LogP contribution in [0.2, 0.25) is 5.15 Å². The zero-order valence-electron chi connectivity index (χ0n) is 11.5. The van der Waals surface area contributed by atoms with E-state index < -0.39 is 5.82 Å². The molecule has 0 saturated carbocycles. The van der Waals surface area contributed by atoms with Crippen molar-refractivity contribution >= 4 is 33.8 Å². The Bertz CT molecular complexity index is 792. The van der Waals surface area contributed by atoms with Crippen LogP contribution in [0, 0.1) is 5.82 Å². The molecule has 0 bridgehead atoms. The molecule has 2 aromatic heterocycles. The Morgan fingerprint density at radius 1 is 1.27 bits per heavy atom. The molecule has 0 aliphatic rings. The molecule has 112 valence electrons. The van der Waals surface area contributed by atoms with Gasteiger partial charge in [-0.15, -0.1) is 11.3 Å². The fourth-order valence-electron chi connectivity index (χ4n) is 1.86. The second-order valence-electron chi connectivity index (χ2n) is 4.38. The third kappa shape index (κ3) is 3.18. The minimum Gasteiger partial charge on any atom is -0.494 e. The summed E-state index contributed by atoms with van der Waals surface area (Å²) >= 11 is 7.16. The molecule has 0 fully saturated rings. The lowest BCUT2D eigenvalue weighted by Crippen LogP contribution is -1.91. The van der Waals surface area contributed by atoms with Gasteiger partial charge in [0.1, 0.15) is 5.15 Å². The van der Waals surface area contributed by atoms with Crippen LogP contribution < -0.4 is 10.1 Å². The van der Waals surface area contributed by atoms with Crippen LogP contribution in [0.3, 0.4) is 0 Å². The second-order valence-corrected chi connectivity index (χ2v) is 5.63. The van der Waals surface area contributed by atoms with Crippen LogP contribution in [0.4, 0.5) is 15.2 Å². The molecule has 1 aromatic carbocycles. The van der Waals surface area contributed by atoms with Crippen molar-refractivity contribution in [2.24, 2.45) is 0 Å². The molecule has 3 aromatic rings. The lowest BCUT2D eigenvalue weighted by molar-refractivity contribution is 0.386. The summed E-state index contributed by atoms with van der Waals surface area (Å²) < 4.78 is 18.6. The highest BCUT2D eigenvalue weighted by Gasteiger charge is 2.09. The molecule has 0 aliphatic carbocycles. The topological polar surface area (TPSA) is 47.0 Å². The van der Waals surface area contributed by atoms with Gasteiger partial charge in [0.25, 0.3) is 0 Å². The minimum absolute atomic E-state index is 0.213. The molecule has 2 heterocycles. The van der Waals surface area contributed by atoms with E-state index in [9.17, 15) is 4.39 Å². The van der Waals surface area contributed by atoms with E-state index in [4.69, 9.17) is 16.3 Å². The van der Waals surface area contributed by atoms with E-state index in [0.29, 0.717) is 21.5 Å². The summed E-state index contributed by atoms with van der Waals surface area (Å²) in [5.41, 5.74) is 2.17. The van der Waals surface area contributed by atoms with E-state index in [0.717, 1.165) is 5.69 Å². The molecule has 0 amide bonds. The van der Waals surface area contributed by atoms with Gasteiger partial charge in [-0.3, -0.25) is 0 Å². The Hall–Kier alpha value is -2.18. The van der Waals surface area contributed by atoms with Crippen molar-refractivity contribution in [3.05, 3.63) is 52.9 Å². The Kier molecular flexibility index (Phi) is 4.22. The number of ether oxygens (including phenoxy) is 1. The van der Waals surface area contributed by atoms with Crippen molar-refractivity contribution in [2.45, 2.75) is 0 Å². The normalized spacial score (nSPS) is 10.5.